The van der Waals surface area contributed by atoms with Crippen LogP contribution in [0.25, 0.3) is 11.3 Å². The second kappa shape index (κ2) is 9.17. The molecule has 1 aromatic carbocycles. The first kappa shape index (κ1) is 25.0. The lowest BCUT2D eigenvalue weighted by molar-refractivity contribution is -0.129. The fraction of sp³-hybridized carbons (Fsp3) is 0.594. The summed E-state index contributed by atoms with van der Waals surface area (Å²) < 4.78 is 0. The molecule has 0 spiro atoms. The summed E-state index contributed by atoms with van der Waals surface area (Å²) >= 11 is 1.57. The number of benzene rings is 1. The molecule has 1 heterocycles. The Balaban J connectivity index is 1.34. The topological polar surface area (TPSA) is 74.0 Å². The van der Waals surface area contributed by atoms with E-state index >= 15 is 0 Å². The molecule has 0 aliphatic heterocycles. The van der Waals surface area contributed by atoms with Gasteiger partial charge in [0.25, 0.3) is 0 Å². The number of rotatable bonds is 4. The van der Waals surface area contributed by atoms with Crippen molar-refractivity contribution in [2.24, 2.45) is 40.4 Å². The molecule has 0 radical (unpaired) electrons. The second-order valence-electron chi connectivity index (χ2n) is 12.7. The molecule has 9 atom stereocenters. The number of nitrogens with zero attached hydrogens (tertiary/aromatic N) is 2. The van der Waals surface area contributed by atoms with Gasteiger partial charge in [0.15, 0.2) is 0 Å². The number of hydrogen-bond donors (Lipinski definition) is 1. The summed E-state index contributed by atoms with van der Waals surface area (Å²) in [5, 5.41) is 23.7. The van der Waals surface area contributed by atoms with E-state index in [2.05, 4.69) is 43.5 Å². The van der Waals surface area contributed by atoms with E-state index in [4.69, 9.17) is 4.98 Å². The van der Waals surface area contributed by atoms with Gasteiger partial charge in [0, 0.05) is 16.9 Å². The molecule has 0 bridgehead atoms. The fourth-order valence-electron chi connectivity index (χ4n) is 9.34. The fourth-order valence-corrected chi connectivity index (χ4v) is 10.3. The zero-order valence-corrected chi connectivity index (χ0v) is 23.0. The third-order valence-corrected chi connectivity index (χ3v) is 12.0. The van der Waals surface area contributed by atoms with Crippen LogP contribution in [0.2, 0.25) is 0 Å². The molecule has 0 saturated heterocycles. The van der Waals surface area contributed by atoms with Crippen molar-refractivity contribution in [2.45, 2.75) is 77.7 Å². The first-order chi connectivity index (χ1) is 17.8. The molecule has 0 unspecified atom stereocenters. The van der Waals surface area contributed by atoms with Gasteiger partial charge in [-0.05, 0) is 86.4 Å². The molecule has 4 nitrogen and oxygen atoms in total. The van der Waals surface area contributed by atoms with Crippen LogP contribution in [0.1, 0.15) is 76.6 Å². The molecule has 194 valence electrons. The first-order valence-electron chi connectivity index (χ1n) is 14.0. The Kier molecular flexibility index (Phi) is 6.20. The molecule has 3 saturated carbocycles. The smallest absolute Gasteiger partial charge is 0.133 e. The van der Waals surface area contributed by atoms with Crippen LogP contribution in [0, 0.1) is 51.8 Å². The molecule has 4 aliphatic rings. The lowest BCUT2D eigenvalue weighted by Crippen LogP contribution is -2.51. The highest BCUT2D eigenvalue weighted by Crippen LogP contribution is 2.68. The Labute approximate surface area is 224 Å². The number of fused-ring (bicyclic) bond motifs is 5. The van der Waals surface area contributed by atoms with Crippen molar-refractivity contribution in [3.8, 4) is 17.3 Å². The van der Waals surface area contributed by atoms with Crippen LogP contribution in [-0.4, -0.2) is 22.0 Å². The third-order valence-electron chi connectivity index (χ3n) is 11.0. The summed E-state index contributed by atoms with van der Waals surface area (Å²) in [7, 11) is 0. The molecule has 1 N–H and O–H groups in total. The van der Waals surface area contributed by atoms with Crippen molar-refractivity contribution in [1.82, 2.24) is 4.98 Å². The number of carbonyl (C=O) groups is 1. The summed E-state index contributed by atoms with van der Waals surface area (Å²) in [4.78, 5) is 18.3. The Morgan fingerprint density at radius 3 is 2.70 bits per heavy atom. The molecule has 0 amide bonds. The largest absolute Gasteiger partial charge is 0.393 e. The molecule has 4 aliphatic carbocycles. The van der Waals surface area contributed by atoms with Gasteiger partial charge in [-0.25, -0.2) is 4.98 Å². The van der Waals surface area contributed by atoms with Crippen LogP contribution in [0.3, 0.4) is 0 Å². The summed E-state index contributed by atoms with van der Waals surface area (Å²) in [5.74, 6) is 1.39. The predicted octanol–water partition coefficient (Wildman–Crippen LogP) is 7.17. The monoisotopic (exact) mass is 514 g/mol. The summed E-state index contributed by atoms with van der Waals surface area (Å²) in [6, 6.07) is 12.8. The molecule has 1 aromatic heterocycles. The van der Waals surface area contributed by atoms with Crippen LogP contribution < -0.4 is 0 Å². The van der Waals surface area contributed by atoms with E-state index in [-0.39, 0.29) is 40.5 Å². The van der Waals surface area contributed by atoms with Gasteiger partial charge in [0.05, 0.1) is 17.9 Å². The van der Waals surface area contributed by atoms with Gasteiger partial charge in [-0.2, -0.15) is 5.26 Å². The zero-order valence-electron chi connectivity index (χ0n) is 22.2. The lowest BCUT2D eigenvalue weighted by atomic mass is 9.47. The van der Waals surface area contributed by atoms with Gasteiger partial charge in [0.1, 0.15) is 16.7 Å². The van der Waals surface area contributed by atoms with Gasteiger partial charge in [-0.3, -0.25) is 4.79 Å². The summed E-state index contributed by atoms with van der Waals surface area (Å²) in [5.41, 5.74) is 3.55. The van der Waals surface area contributed by atoms with Crippen LogP contribution >= 0.6 is 11.3 Å². The van der Waals surface area contributed by atoms with Crippen LogP contribution in [0.5, 0.6) is 0 Å². The number of aromatic nitrogens is 1. The molecular formula is C32H38N2O2S. The quantitative estimate of drug-likeness (QED) is 0.439. The molecule has 5 heteroatoms. The summed E-state index contributed by atoms with van der Waals surface area (Å²) in [6.07, 6.45) is 9.20. The minimum Gasteiger partial charge on any atom is -0.393 e. The molecular weight excluding hydrogens is 476 g/mol. The Hall–Kier alpha value is -2.29. The van der Waals surface area contributed by atoms with Gasteiger partial charge >= 0.3 is 0 Å². The van der Waals surface area contributed by atoms with Crippen LogP contribution in [-0.2, 0) is 4.79 Å². The Morgan fingerprint density at radius 2 is 1.97 bits per heavy atom. The van der Waals surface area contributed by atoms with E-state index in [1.165, 1.54) is 5.57 Å². The zero-order chi connectivity index (χ0) is 25.9. The number of aliphatic hydroxyl groups excluding tert-OH is 1. The number of carbonyl (C=O) groups excluding carboxylic acids is 1. The van der Waals surface area contributed by atoms with E-state index in [1.807, 2.05) is 18.2 Å². The van der Waals surface area contributed by atoms with Crippen LogP contribution in [0.15, 0.2) is 47.4 Å². The van der Waals surface area contributed by atoms with E-state index in [1.54, 1.807) is 18.3 Å². The van der Waals surface area contributed by atoms with Crippen molar-refractivity contribution in [1.29, 1.82) is 5.26 Å². The Bertz CT molecular complexity index is 1260. The first-order valence-corrected chi connectivity index (χ1v) is 14.9. The Morgan fingerprint density at radius 1 is 1.19 bits per heavy atom. The van der Waals surface area contributed by atoms with E-state index in [9.17, 15) is 15.2 Å². The number of aliphatic hydroxyl groups is 1. The van der Waals surface area contributed by atoms with Gasteiger partial charge in [-0.1, -0.05) is 55.8 Å². The van der Waals surface area contributed by atoms with Gasteiger partial charge < -0.3 is 5.11 Å². The van der Waals surface area contributed by atoms with E-state index < -0.39 is 0 Å². The van der Waals surface area contributed by atoms with Crippen LogP contribution in [0.4, 0.5) is 0 Å². The van der Waals surface area contributed by atoms with Gasteiger partial charge in [-0.15, -0.1) is 11.3 Å². The number of thiazole rings is 1. The third kappa shape index (κ3) is 3.86. The lowest BCUT2D eigenvalue weighted by Gasteiger charge is -2.57. The standard InChI is InChI=1S/C32H38N2O2S/c1-19(35)29-24(25(17-33)30-34-28(18-37-30)20-7-5-4-6-8-20)16-27-23-10-9-21-15-22(36)11-13-31(21,2)26(23)12-14-32(27,29)3/h4-9,18,22-27,29,36H,10-16H2,1-3H3/t22-,23+,24+,25-,26+,27+,29+,31-,32-/m0/s1. The highest BCUT2D eigenvalue weighted by Gasteiger charge is 2.63. The maximum Gasteiger partial charge on any atom is 0.133 e. The maximum absolute atomic E-state index is 13.3. The number of ketones is 1. The van der Waals surface area contributed by atoms with Gasteiger partial charge in [0.2, 0.25) is 0 Å². The molecule has 37 heavy (non-hydrogen) atoms. The number of Topliss-reactive ketones (excluding diaryl/α,β-unsaturated/α-hetero) is 1. The normalized spacial score (nSPS) is 39.5. The van der Waals surface area contributed by atoms with E-state index in [0.29, 0.717) is 17.8 Å². The molecule has 6 rings (SSSR count). The minimum absolute atomic E-state index is 0.0115. The van der Waals surface area contributed by atoms with E-state index in [0.717, 1.165) is 61.2 Å². The average molecular weight is 515 g/mol. The van der Waals surface area contributed by atoms with Crippen molar-refractivity contribution in [3.05, 3.63) is 52.4 Å². The number of nitriles is 1. The highest BCUT2D eigenvalue weighted by atomic mass is 32.1. The minimum atomic E-state index is -0.354. The van der Waals surface area contributed by atoms with Crippen molar-refractivity contribution in [3.63, 3.8) is 0 Å². The van der Waals surface area contributed by atoms with Crippen molar-refractivity contribution in [2.75, 3.05) is 0 Å². The average Bonchev–Trinajstić information content (AvgIpc) is 3.48. The summed E-state index contributed by atoms with van der Waals surface area (Å²) in [6.45, 7) is 6.56. The SMILES string of the molecule is CC(=O)[C@@H]1[C@@H]([C@H](C#N)c2nc(-c3ccccc3)cs2)C[C@@H]2[C@@H]3CC=C4C[C@@H](O)CC[C@]4(C)[C@@H]3CC[C@@]21C. The maximum atomic E-state index is 13.3. The molecule has 2 aromatic rings. The second-order valence-corrected chi connectivity index (χ2v) is 13.6. The predicted molar refractivity (Wildman–Crippen MR) is 147 cm³/mol. The number of hydrogen-bond acceptors (Lipinski definition) is 5. The molecule has 3 fully saturated rings. The van der Waals surface area contributed by atoms with Crippen molar-refractivity contribution >= 4 is 17.1 Å². The number of allylic oxidation sites excluding steroid dienone is 1. The highest BCUT2D eigenvalue weighted by molar-refractivity contribution is 7.10. The van der Waals surface area contributed by atoms with Crippen molar-refractivity contribution < 1.29 is 9.90 Å².